The van der Waals surface area contributed by atoms with E-state index in [4.69, 9.17) is 0 Å². The summed E-state index contributed by atoms with van der Waals surface area (Å²) in [5.74, 6) is 0.769. The molecule has 1 unspecified atom stereocenters. The summed E-state index contributed by atoms with van der Waals surface area (Å²) in [6, 6.07) is 4.20. The highest BCUT2D eigenvalue weighted by atomic mass is 16.2. The van der Waals surface area contributed by atoms with Gasteiger partial charge in [-0.1, -0.05) is 0 Å². The third-order valence-corrected chi connectivity index (χ3v) is 3.92. The summed E-state index contributed by atoms with van der Waals surface area (Å²) in [6.07, 6.45) is 4.77. The Balaban J connectivity index is 2.10. The predicted molar refractivity (Wildman–Crippen MR) is 83.6 cm³/mol. The SMILES string of the molecule is CNCCC1CCCCN1c1ccc(C(=O)N(C)C)nn1. The molecular formula is C15H25N5O. The van der Waals surface area contributed by atoms with E-state index in [1.807, 2.05) is 13.1 Å². The summed E-state index contributed by atoms with van der Waals surface area (Å²) >= 11 is 0. The molecular weight excluding hydrogens is 266 g/mol. The van der Waals surface area contributed by atoms with Gasteiger partial charge in [-0.3, -0.25) is 4.79 Å². The summed E-state index contributed by atoms with van der Waals surface area (Å²) < 4.78 is 0. The molecule has 0 bridgehead atoms. The molecule has 1 saturated heterocycles. The van der Waals surface area contributed by atoms with Gasteiger partial charge in [0, 0.05) is 26.7 Å². The Kier molecular flexibility index (Phi) is 5.50. The lowest BCUT2D eigenvalue weighted by Gasteiger charge is -2.36. The zero-order valence-electron chi connectivity index (χ0n) is 13.2. The molecule has 0 saturated carbocycles. The van der Waals surface area contributed by atoms with E-state index in [0.29, 0.717) is 11.7 Å². The van der Waals surface area contributed by atoms with Crippen LogP contribution in [0.5, 0.6) is 0 Å². The standard InChI is InChI=1S/C15H25N5O/c1-16-10-9-12-6-4-5-11-20(12)14-8-7-13(17-18-14)15(21)19(2)3/h7-8,12,16H,4-6,9-11H2,1-3H3. The van der Waals surface area contributed by atoms with Crippen molar-refractivity contribution in [3.05, 3.63) is 17.8 Å². The van der Waals surface area contributed by atoms with Gasteiger partial charge in [-0.15, -0.1) is 10.2 Å². The zero-order chi connectivity index (χ0) is 15.2. The van der Waals surface area contributed by atoms with Crippen molar-refractivity contribution < 1.29 is 4.79 Å². The van der Waals surface area contributed by atoms with Gasteiger partial charge in [-0.25, -0.2) is 0 Å². The Hall–Kier alpha value is -1.69. The molecule has 1 aliphatic rings. The fourth-order valence-electron chi connectivity index (χ4n) is 2.73. The van der Waals surface area contributed by atoms with Crippen molar-refractivity contribution in [2.75, 3.05) is 39.1 Å². The highest BCUT2D eigenvalue weighted by Crippen LogP contribution is 2.24. The number of hydrogen-bond acceptors (Lipinski definition) is 5. The van der Waals surface area contributed by atoms with E-state index in [2.05, 4.69) is 20.4 Å². The van der Waals surface area contributed by atoms with Crippen LogP contribution in [0, 0.1) is 0 Å². The van der Waals surface area contributed by atoms with E-state index in [9.17, 15) is 4.79 Å². The number of carbonyl (C=O) groups is 1. The molecule has 0 spiro atoms. The Morgan fingerprint density at radius 1 is 1.38 bits per heavy atom. The highest BCUT2D eigenvalue weighted by Gasteiger charge is 2.23. The van der Waals surface area contributed by atoms with Crippen LogP contribution in [0.2, 0.25) is 0 Å². The maximum absolute atomic E-state index is 11.8. The second kappa shape index (κ2) is 7.36. The molecule has 2 rings (SSSR count). The van der Waals surface area contributed by atoms with Gasteiger partial charge in [-0.05, 0) is 51.4 Å². The van der Waals surface area contributed by atoms with Crippen LogP contribution >= 0.6 is 0 Å². The first kappa shape index (κ1) is 15.7. The summed E-state index contributed by atoms with van der Waals surface area (Å²) in [5, 5.41) is 11.6. The molecule has 1 amide bonds. The van der Waals surface area contributed by atoms with Gasteiger partial charge in [0.2, 0.25) is 0 Å². The summed E-state index contributed by atoms with van der Waals surface area (Å²) in [4.78, 5) is 15.7. The van der Waals surface area contributed by atoms with Gasteiger partial charge in [0.15, 0.2) is 11.5 Å². The first-order chi connectivity index (χ1) is 10.1. The molecule has 1 fully saturated rings. The minimum Gasteiger partial charge on any atom is -0.352 e. The maximum atomic E-state index is 11.8. The first-order valence-corrected chi connectivity index (χ1v) is 7.60. The average Bonchev–Trinajstić information content (AvgIpc) is 2.52. The highest BCUT2D eigenvalue weighted by molar-refractivity contribution is 5.91. The van der Waals surface area contributed by atoms with Crippen LogP contribution in [0.4, 0.5) is 5.82 Å². The van der Waals surface area contributed by atoms with Crippen molar-refractivity contribution in [3.63, 3.8) is 0 Å². The molecule has 1 aromatic rings. The number of amides is 1. The number of aromatic nitrogens is 2. The van der Waals surface area contributed by atoms with E-state index in [0.717, 1.165) is 25.3 Å². The number of anilines is 1. The zero-order valence-corrected chi connectivity index (χ0v) is 13.2. The fourth-order valence-corrected chi connectivity index (χ4v) is 2.73. The molecule has 6 nitrogen and oxygen atoms in total. The van der Waals surface area contributed by atoms with Gasteiger partial charge in [0.1, 0.15) is 0 Å². The van der Waals surface area contributed by atoms with Crippen LogP contribution in [-0.4, -0.2) is 61.3 Å². The topological polar surface area (TPSA) is 61.4 Å². The lowest BCUT2D eigenvalue weighted by atomic mass is 9.99. The number of hydrogen-bond donors (Lipinski definition) is 1. The quantitative estimate of drug-likeness (QED) is 0.881. The van der Waals surface area contributed by atoms with Crippen molar-refractivity contribution in [2.45, 2.75) is 31.7 Å². The molecule has 1 aromatic heterocycles. The number of rotatable bonds is 5. The van der Waals surface area contributed by atoms with Crippen LogP contribution in [0.1, 0.15) is 36.2 Å². The Morgan fingerprint density at radius 3 is 2.81 bits per heavy atom. The molecule has 0 radical (unpaired) electrons. The molecule has 21 heavy (non-hydrogen) atoms. The largest absolute Gasteiger partial charge is 0.352 e. The number of nitrogens with zero attached hydrogens (tertiary/aromatic N) is 4. The van der Waals surface area contributed by atoms with Crippen molar-refractivity contribution in [3.8, 4) is 0 Å². The third kappa shape index (κ3) is 3.91. The molecule has 1 aliphatic heterocycles. The monoisotopic (exact) mass is 291 g/mol. The van der Waals surface area contributed by atoms with E-state index >= 15 is 0 Å². The van der Waals surface area contributed by atoms with E-state index in [-0.39, 0.29) is 5.91 Å². The number of carbonyl (C=O) groups excluding carboxylic acids is 1. The lowest BCUT2D eigenvalue weighted by Crippen LogP contribution is -2.41. The van der Waals surface area contributed by atoms with E-state index in [1.54, 1.807) is 20.2 Å². The minimum absolute atomic E-state index is 0.112. The Morgan fingerprint density at radius 2 is 2.19 bits per heavy atom. The maximum Gasteiger partial charge on any atom is 0.273 e. The first-order valence-electron chi connectivity index (χ1n) is 7.60. The van der Waals surface area contributed by atoms with Crippen molar-refractivity contribution in [1.82, 2.24) is 20.4 Å². The summed E-state index contributed by atoms with van der Waals surface area (Å²) in [7, 11) is 5.42. The second-order valence-electron chi connectivity index (χ2n) is 5.71. The van der Waals surface area contributed by atoms with Gasteiger partial charge >= 0.3 is 0 Å². The summed E-state index contributed by atoms with van der Waals surface area (Å²) in [5.41, 5.74) is 0.396. The Labute approximate surface area is 126 Å². The molecule has 1 atom stereocenters. The Bertz CT molecular complexity index is 460. The van der Waals surface area contributed by atoms with Crippen molar-refractivity contribution >= 4 is 11.7 Å². The van der Waals surface area contributed by atoms with Crippen molar-refractivity contribution in [2.24, 2.45) is 0 Å². The van der Waals surface area contributed by atoms with Gasteiger partial charge in [0.25, 0.3) is 5.91 Å². The van der Waals surface area contributed by atoms with Crippen LogP contribution in [0.25, 0.3) is 0 Å². The van der Waals surface area contributed by atoms with Crippen LogP contribution in [-0.2, 0) is 0 Å². The normalized spacial score (nSPS) is 18.6. The molecule has 0 aromatic carbocycles. The molecule has 6 heteroatoms. The lowest BCUT2D eigenvalue weighted by molar-refractivity contribution is 0.0821. The van der Waals surface area contributed by atoms with Gasteiger partial charge in [0.05, 0.1) is 0 Å². The summed E-state index contributed by atoms with van der Waals surface area (Å²) in [6.45, 7) is 2.02. The second-order valence-corrected chi connectivity index (χ2v) is 5.71. The smallest absolute Gasteiger partial charge is 0.273 e. The number of piperidine rings is 1. The van der Waals surface area contributed by atoms with Gasteiger partial charge < -0.3 is 15.1 Å². The van der Waals surface area contributed by atoms with Crippen LogP contribution in [0.15, 0.2) is 12.1 Å². The molecule has 2 heterocycles. The molecule has 1 N–H and O–H groups in total. The average molecular weight is 291 g/mol. The van der Waals surface area contributed by atoms with E-state index in [1.165, 1.54) is 24.2 Å². The number of nitrogens with one attached hydrogen (secondary N) is 1. The van der Waals surface area contributed by atoms with Crippen LogP contribution < -0.4 is 10.2 Å². The van der Waals surface area contributed by atoms with Gasteiger partial charge in [-0.2, -0.15) is 0 Å². The fraction of sp³-hybridized carbons (Fsp3) is 0.667. The molecule has 0 aliphatic carbocycles. The minimum atomic E-state index is -0.112. The third-order valence-electron chi connectivity index (χ3n) is 3.92. The van der Waals surface area contributed by atoms with Crippen LogP contribution in [0.3, 0.4) is 0 Å². The van der Waals surface area contributed by atoms with E-state index < -0.39 is 0 Å². The van der Waals surface area contributed by atoms with Crippen molar-refractivity contribution in [1.29, 1.82) is 0 Å². The molecule has 116 valence electrons. The predicted octanol–water partition coefficient (Wildman–Crippen LogP) is 1.15.